The summed E-state index contributed by atoms with van der Waals surface area (Å²) in [5.41, 5.74) is 1.38. The molecule has 1 heterocycles. The predicted octanol–water partition coefficient (Wildman–Crippen LogP) is 2.54. The van der Waals surface area contributed by atoms with Gasteiger partial charge in [0, 0.05) is 34.5 Å². The summed E-state index contributed by atoms with van der Waals surface area (Å²) in [4.78, 5) is 14.4. The van der Waals surface area contributed by atoms with E-state index in [2.05, 4.69) is 0 Å². The minimum absolute atomic E-state index is 0.281. The van der Waals surface area contributed by atoms with Gasteiger partial charge < -0.3 is 4.90 Å². The van der Waals surface area contributed by atoms with Crippen molar-refractivity contribution < 1.29 is 13.2 Å². The Bertz CT molecular complexity index is 735. The van der Waals surface area contributed by atoms with Gasteiger partial charge in [0.15, 0.2) is 14.6 Å². The average molecular weight is 328 g/mol. The van der Waals surface area contributed by atoms with Crippen molar-refractivity contribution in [3.63, 3.8) is 0 Å². The monoisotopic (exact) mass is 327 g/mol. The first kappa shape index (κ1) is 14.9. The predicted molar refractivity (Wildman–Crippen MR) is 83.6 cm³/mol. The standard InChI is InChI=1S/C15H18ClNO3S/c1-14(2)9-17(11-6-4-5-10(16)12(11)14)13(18)15(7-8-15)21(3,19)20/h4-6H,7-9H2,1-3H3. The molecule has 0 unspecified atom stereocenters. The van der Waals surface area contributed by atoms with Crippen LogP contribution in [0.5, 0.6) is 0 Å². The van der Waals surface area contributed by atoms with E-state index in [1.807, 2.05) is 19.9 Å². The normalized spacial score (nSPS) is 22.0. The number of halogens is 1. The second-order valence-electron chi connectivity index (χ2n) is 6.68. The van der Waals surface area contributed by atoms with Gasteiger partial charge in [-0.05, 0) is 25.0 Å². The van der Waals surface area contributed by atoms with E-state index in [4.69, 9.17) is 11.6 Å². The third kappa shape index (κ3) is 2.01. The first-order valence-electron chi connectivity index (χ1n) is 6.91. The van der Waals surface area contributed by atoms with Crippen molar-refractivity contribution in [3.05, 3.63) is 28.8 Å². The van der Waals surface area contributed by atoms with Crippen LogP contribution in [0.2, 0.25) is 5.02 Å². The molecule has 1 aromatic rings. The molecule has 1 aliphatic carbocycles. The fraction of sp³-hybridized carbons (Fsp3) is 0.533. The van der Waals surface area contributed by atoms with Crippen molar-refractivity contribution in [2.24, 2.45) is 0 Å². The molecule has 0 radical (unpaired) electrons. The van der Waals surface area contributed by atoms with Crippen LogP contribution in [0.25, 0.3) is 0 Å². The lowest BCUT2D eigenvalue weighted by atomic mass is 9.87. The van der Waals surface area contributed by atoms with Gasteiger partial charge in [-0.1, -0.05) is 31.5 Å². The van der Waals surface area contributed by atoms with Crippen molar-refractivity contribution in [1.29, 1.82) is 0 Å². The molecular formula is C15H18ClNO3S. The Morgan fingerprint density at radius 1 is 1.29 bits per heavy atom. The summed E-state index contributed by atoms with van der Waals surface area (Å²) in [6.07, 6.45) is 1.98. The topological polar surface area (TPSA) is 54.5 Å². The van der Waals surface area contributed by atoms with Crippen LogP contribution in [0.4, 0.5) is 5.69 Å². The van der Waals surface area contributed by atoms with Gasteiger partial charge in [-0.25, -0.2) is 8.42 Å². The van der Waals surface area contributed by atoms with E-state index >= 15 is 0 Å². The fourth-order valence-corrected chi connectivity index (χ4v) is 4.95. The molecule has 0 bridgehead atoms. The van der Waals surface area contributed by atoms with E-state index in [1.54, 1.807) is 17.0 Å². The highest BCUT2D eigenvalue weighted by Gasteiger charge is 2.61. The summed E-state index contributed by atoms with van der Waals surface area (Å²) in [7, 11) is -3.40. The third-order valence-electron chi connectivity index (χ3n) is 4.56. The number of sulfone groups is 1. The van der Waals surface area contributed by atoms with E-state index in [9.17, 15) is 13.2 Å². The van der Waals surface area contributed by atoms with Crippen molar-refractivity contribution in [1.82, 2.24) is 0 Å². The lowest BCUT2D eigenvalue weighted by Crippen LogP contribution is -2.45. The molecule has 0 N–H and O–H groups in total. The van der Waals surface area contributed by atoms with Crippen LogP contribution in [-0.2, 0) is 20.0 Å². The van der Waals surface area contributed by atoms with Crippen molar-refractivity contribution in [2.75, 3.05) is 17.7 Å². The molecule has 3 rings (SSSR count). The van der Waals surface area contributed by atoms with Crippen molar-refractivity contribution in [3.8, 4) is 0 Å². The average Bonchev–Trinajstić information content (AvgIpc) is 3.11. The van der Waals surface area contributed by atoms with E-state index < -0.39 is 14.6 Å². The number of fused-ring (bicyclic) bond motifs is 1. The zero-order valence-corrected chi connectivity index (χ0v) is 13.9. The van der Waals surface area contributed by atoms with Gasteiger partial charge in [-0.2, -0.15) is 0 Å². The molecule has 21 heavy (non-hydrogen) atoms. The molecular weight excluding hydrogens is 310 g/mol. The fourth-order valence-electron chi connectivity index (χ4n) is 3.25. The van der Waals surface area contributed by atoms with E-state index in [0.717, 1.165) is 17.5 Å². The van der Waals surface area contributed by atoms with E-state index in [1.165, 1.54) is 0 Å². The number of hydrogen-bond acceptors (Lipinski definition) is 3. The number of amides is 1. The molecule has 1 saturated carbocycles. The summed E-state index contributed by atoms with van der Waals surface area (Å²) < 4.78 is 22.7. The molecule has 0 aromatic heterocycles. The Balaban J connectivity index is 2.08. The number of carbonyl (C=O) groups excluding carboxylic acids is 1. The highest BCUT2D eigenvalue weighted by molar-refractivity contribution is 7.93. The quantitative estimate of drug-likeness (QED) is 0.838. The van der Waals surface area contributed by atoms with Gasteiger partial charge >= 0.3 is 0 Å². The Hall–Kier alpha value is -1.07. The molecule has 1 aromatic carbocycles. The minimum Gasteiger partial charge on any atom is -0.310 e. The van der Waals surface area contributed by atoms with Gasteiger partial charge in [0.1, 0.15) is 0 Å². The number of carbonyl (C=O) groups is 1. The lowest BCUT2D eigenvalue weighted by Gasteiger charge is -2.24. The van der Waals surface area contributed by atoms with Gasteiger partial charge in [-0.15, -0.1) is 0 Å². The maximum Gasteiger partial charge on any atom is 0.248 e. The summed E-state index contributed by atoms with van der Waals surface area (Å²) in [6.45, 7) is 4.50. The maximum atomic E-state index is 12.8. The molecule has 0 spiro atoms. The zero-order valence-electron chi connectivity index (χ0n) is 12.3. The highest BCUT2D eigenvalue weighted by atomic mass is 35.5. The molecule has 1 fully saturated rings. The summed E-state index contributed by atoms with van der Waals surface area (Å²) in [5, 5.41) is 0.622. The number of benzene rings is 1. The van der Waals surface area contributed by atoms with Gasteiger partial charge in [-0.3, -0.25) is 4.79 Å². The van der Waals surface area contributed by atoms with Gasteiger partial charge in [0.05, 0.1) is 0 Å². The molecule has 6 heteroatoms. The number of rotatable bonds is 2. The second kappa shape index (κ2) is 4.23. The Morgan fingerprint density at radius 3 is 2.43 bits per heavy atom. The number of hydrogen-bond donors (Lipinski definition) is 0. The molecule has 0 atom stereocenters. The molecule has 114 valence electrons. The summed E-state index contributed by atoms with van der Waals surface area (Å²) >= 11 is 6.29. The van der Waals surface area contributed by atoms with Gasteiger partial charge in [0.25, 0.3) is 0 Å². The molecule has 1 aliphatic heterocycles. The lowest BCUT2D eigenvalue weighted by molar-refractivity contribution is -0.118. The van der Waals surface area contributed by atoms with E-state index in [0.29, 0.717) is 24.4 Å². The Kier molecular flexibility index (Phi) is 2.99. The minimum atomic E-state index is -3.40. The van der Waals surface area contributed by atoms with Crippen LogP contribution >= 0.6 is 11.6 Å². The van der Waals surface area contributed by atoms with E-state index in [-0.39, 0.29) is 11.3 Å². The Morgan fingerprint density at radius 2 is 1.90 bits per heavy atom. The maximum absolute atomic E-state index is 12.8. The van der Waals surface area contributed by atoms with Crippen LogP contribution in [0.1, 0.15) is 32.3 Å². The molecule has 0 saturated heterocycles. The van der Waals surface area contributed by atoms with Crippen LogP contribution in [0.3, 0.4) is 0 Å². The van der Waals surface area contributed by atoms with Crippen LogP contribution in [0, 0.1) is 0 Å². The second-order valence-corrected chi connectivity index (χ2v) is 9.41. The highest BCUT2D eigenvalue weighted by Crippen LogP contribution is 2.50. The molecule has 1 amide bonds. The van der Waals surface area contributed by atoms with Crippen LogP contribution in [-0.4, -0.2) is 31.9 Å². The smallest absolute Gasteiger partial charge is 0.248 e. The molecule has 2 aliphatic rings. The first-order valence-corrected chi connectivity index (χ1v) is 9.18. The Labute approximate surface area is 130 Å². The largest absolute Gasteiger partial charge is 0.310 e. The zero-order chi connectivity index (χ0) is 15.6. The van der Waals surface area contributed by atoms with Crippen LogP contribution < -0.4 is 4.90 Å². The summed E-state index contributed by atoms with van der Waals surface area (Å²) in [5.74, 6) is -0.306. The third-order valence-corrected chi connectivity index (χ3v) is 6.88. The van der Waals surface area contributed by atoms with Gasteiger partial charge in [0.2, 0.25) is 5.91 Å². The number of nitrogens with zero attached hydrogens (tertiary/aromatic N) is 1. The SMILES string of the molecule is CC1(C)CN(C(=O)C2(S(C)(=O)=O)CC2)c2cccc(Cl)c21. The first-order chi connectivity index (χ1) is 9.60. The summed E-state index contributed by atoms with van der Waals surface area (Å²) in [6, 6.07) is 5.44. The molecule has 4 nitrogen and oxygen atoms in total. The van der Waals surface area contributed by atoms with Crippen molar-refractivity contribution >= 4 is 33.0 Å². The van der Waals surface area contributed by atoms with Crippen molar-refractivity contribution in [2.45, 2.75) is 36.9 Å². The van der Waals surface area contributed by atoms with Crippen LogP contribution in [0.15, 0.2) is 18.2 Å². The number of anilines is 1.